The summed E-state index contributed by atoms with van der Waals surface area (Å²) < 4.78 is 0. The molecule has 0 radical (unpaired) electrons. The lowest BCUT2D eigenvalue weighted by Gasteiger charge is -2.19. The SMILES string of the molecule is Cc1cccc(-c2csc(NC(C)(C)C)n2)c1. The van der Waals surface area contributed by atoms with Crippen LogP contribution in [0.3, 0.4) is 0 Å². The van der Waals surface area contributed by atoms with E-state index in [1.54, 1.807) is 11.3 Å². The molecule has 1 heterocycles. The number of thiazole rings is 1. The second-order valence-electron chi connectivity index (χ2n) is 5.28. The van der Waals surface area contributed by atoms with Gasteiger partial charge in [-0.05, 0) is 33.8 Å². The van der Waals surface area contributed by atoms with Crippen LogP contribution >= 0.6 is 11.3 Å². The van der Waals surface area contributed by atoms with E-state index in [9.17, 15) is 0 Å². The number of aromatic nitrogens is 1. The molecular weight excluding hydrogens is 228 g/mol. The Morgan fingerprint density at radius 2 is 2.00 bits per heavy atom. The molecule has 0 unspecified atom stereocenters. The van der Waals surface area contributed by atoms with Crippen molar-refractivity contribution in [3.8, 4) is 11.3 Å². The first kappa shape index (κ1) is 12.1. The van der Waals surface area contributed by atoms with Crippen LogP contribution < -0.4 is 5.32 Å². The Labute approximate surface area is 107 Å². The van der Waals surface area contributed by atoms with E-state index >= 15 is 0 Å². The first-order chi connectivity index (χ1) is 7.94. The van der Waals surface area contributed by atoms with Crippen LogP contribution in [-0.2, 0) is 0 Å². The maximum Gasteiger partial charge on any atom is 0.183 e. The monoisotopic (exact) mass is 246 g/mol. The van der Waals surface area contributed by atoms with Gasteiger partial charge in [-0.3, -0.25) is 0 Å². The van der Waals surface area contributed by atoms with Gasteiger partial charge < -0.3 is 5.32 Å². The minimum absolute atomic E-state index is 0.0573. The summed E-state index contributed by atoms with van der Waals surface area (Å²) in [4.78, 5) is 4.61. The molecule has 0 aliphatic rings. The van der Waals surface area contributed by atoms with Crippen LogP contribution in [0.2, 0.25) is 0 Å². The molecule has 0 atom stereocenters. The summed E-state index contributed by atoms with van der Waals surface area (Å²) >= 11 is 1.65. The standard InChI is InChI=1S/C14H18N2S/c1-10-6-5-7-11(8-10)12-9-17-13(15-12)16-14(2,3)4/h5-9H,1-4H3,(H,15,16). The van der Waals surface area contributed by atoms with Gasteiger partial charge in [0, 0.05) is 16.5 Å². The molecule has 17 heavy (non-hydrogen) atoms. The smallest absolute Gasteiger partial charge is 0.183 e. The van der Waals surface area contributed by atoms with Crippen molar-refractivity contribution < 1.29 is 0 Å². The average molecular weight is 246 g/mol. The predicted octanol–water partition coefficient (Wildman–Crippen LogP) is 4.33. The fourth-order valence-corrected chi connectivity index (χ4v) is 2.52. The molecule has 1 aromatic carbocycles. The van der Waals surface area contributed by atoms with Crippen LogP contribution in [-0.4, -0.2) is 10.5 Å². The summed E-state index contributed by atoms with van der Waals surface area (Å²) in [6, 6.07) is 8.43. The fraction of sp³-hybridized carbons (Fsp3) is 0.357. The number of nitrogens with zero attached hydrogens (tertiary/aromatic N) is 1. The summed E-state index contributed by atoms with van der Waals surface area (Å²) in [6.45, 7) is 8.52. The fourth-order valence-electron chi connectivity index (χ4n) is 1.59. The molecule has 2 rings (SSSR count). The molecule has 0 spiro atoms. The summed E-state index contributed by atoms with van der Waals surface area (Å²) in [5.41, 5.74) is 3.55. The van der Waals surface area contributed by atoms with E-state index in [1.807, 2.05) is 0 Å². The number of hydrogen-bond donors (Lipinski definition) is 1. The van der Waals surface area contributed by atoms with Crippen molar-refractivity contribution in [1.29, 1.82) is 0 Å². The Morgan fingerprint density at radius 1 is 1.24 bits per heavy atom. The van der Waals surface area contributed by atoms with Gasteiger partial charge in [0.1, 0.15) is 0 Å². The topological polar surface area (TPSA) is 24.9 Å². The Bertz CT molecular complexity index is 509. The molecule has 2 aromatic rings. The molecule has 0 aliphatic carbocycles. The summed E-state index contributed by atoms with van der Waals surface area (Å²) in [5.74, 6) is 0. The zero-order valence-corrected chi connectivity index (χ0v) is 11.6. The molecule has 0 bridgehead atoms. The zero-order valence-electron chi connectivity index (χ0n) is 10.7. The van der Waals surface area contributed by atoms with Crippen molar-refractivity contribution >= 4 is 16.5 Å². The van der Waals surface area contributed by atoms with Crippen molar-refractivity contribution in [3.63, 3.8) is 0 Å². The molecular formula is C14H18N2S. The summed E-state index contributed by atoms with van der Waals surface area (Å²) in [7, 11) is 0. The van der Waals surface area contributed by atoms with Gasteiger partial charge >= 0.3 is 0 Å². The van der Waals surface area contributed by atoms with Crippen LogP contribution in [0.25, 0.3) is 11.3 Å². The predicted molar refractivity (Wildman–Crippen MR) is 75.7 cm³/mol. The van der Waals surface area contributed by atoms with Gasteiger partial charge in [-0.1, -0.05) is 23.8 Å². The number of nitrogens with one attached hydrogen (secondary N) is 1. The van der Waals surface area contributed by atoms with Crippen molar-refractivity contribution in [3.05, 3.63) is 35.2 Å². The van der Waals surface area contributed by atoms with Crippen LogP contribution in [0.5, 0.6) is 0 Å². The van der Waals surface area contributed by atoms with Crippen LogP contribution in [0.4, 0.5) is 5.13 Å². The van der Waals surface area contributed by atoms with Gasteiger partial charge in [0.15, 0.2) is 5.13 Å². The maximum atomic E-state index is 4.61. The van der Waals surface area contributed by atoms with E-state index in [2.05, 4.69) is 67.6 Å². The number of rotatable bonds is 2. The normalized spacial score (nSPS) is 11.5. The highest BCUT2D eigenvalue weighted by Gasteiger charge is 2.12. The Balaban J connectivity index is 2.24. The minimum Gasteiger partial charge on any atom is -0.357 e. The second-order valence-corrected chi connectivity index (χ2v) is 6.14. The summed E-state index contributed by atoms with van der Waals surface area (Å²) in [5, 5.41) is 6.47. The highest BCUT2D eigenvalue weighted by atomic mass is 32.1. The molecule has 0 aliphatic heterocycles. The van der Waals surface area contributed by atoms with Gasteiger partial charge in [-0.2, -0.15) is 0 Å². The minimum atomic E-state index is 0.0573. The number of aryl methyl sites for hydroxylation is 1. The molecule has 1 aromatic heterocycles. The van der Waals surface area contributed by atoms with Crippen molar-refractivity contribution in [1.82, 2.24) is 4.98 Å². The van der Waals surface area contributed by atoms with Crippen LogP contribution in [0.15, 0.2) is 29.6 Å². The lowest BCUT2D eigenvalue weighted by molar-refractivity contribution is 0.633. The third kappa shape index (κ3) is 3.30. The van der Waals surface area contributed by atoms with E-state index in [0.29, 0.717) is 0 Å². The van der Waals surface area contributed by atoms with Gasteiger partial charge in [-0.15, -0.1) is 11.3 Å². The lowest BCUT2D eigenvalue weighted by Crippen LogP contribution is -2.25. The Morgan fingerprint density at radius 3 is 2.65 bits per heavy atom. The van der Waals surface area contributed by atoms with Crippen LogP contribution in [0, 0.1) is 6.92 Å². The van der Waals surface area contributed by atoms with Gasteiger partial charge in [0.05, 0.1) is 5.69 Å². The average Bonchev–Trinajstić information content (AvgIpc) is 2.63. The molecule has 90 valence electrons. The third-order valence-corrected chi connectivity index (χ3v) is 3.06. The highest BCUT2D eigenvalue weighted by Crippen LogP contribution is 2.27. The molecule has 0 fully saturated rings. The lowest BCUT2D eigenvalue weighted by atomic mass is 10.1. The molecule has 1 N–H and O–H groups in total. The van der Waals surface area contributed by atoms with Crippen molar-refractivity contribution in [2.24, 2.45) is 0 Å². The number of benzene rings is 1. The van der Waals surface area contributed by atoms with Crippen molar-refractivity contribution in [2.45, 2.75) is 33.2 Å². The first-order valence-electron chi connectivity index (χ1n) is 5.75. The van der Waals surface area contributed by atoms with Gasteiger partial charge in [0.25, 0.3) is 0 Å². The molecule has 2 nitrogen and oxygen atoms in total. The quantitative estimate of drug-likeness (QED) is 0.853. The van der Waals surface area contributed by atoms with Gasteiger partial charge in [0.2, 0.25) is 0 Å². The third-order valence-electron chi connectivity index (χ3n) is 2.30. The largest absolute Gasteiger partial charge is 0.357 e. The van der Waals surface area contributed by atoms with Gasteiger partial charge in [-0.25, -0.2) is 4.98 Å². The van der Waals surface area contributed by atoms with Crippen LogP contribution in [0.1, 0.15) is 26.3 Å². The van der Waals surface area contributed by atoms with E-state index in [4.69, 9.17) is 0 Å². The Hall–Kier alpha value is -1.35. The van der Waals surface area contributed by atoms with E-state index in [1.165, 1.54) is 11.1 Å². The summed E-state index contributed by atoms with van der Waals surface area (Å²) in [6.07, 6.45) is 0. The Kier molecular flexibility index (Phi) is 3.20. The molecule has 0 saturated carbocycles. The van der Waals surface area contributed by atoms with E-state index < -0.39 is 0 Å². The maximum absolute atomic E-state index is 4.61. The molecule has 3 heteroatoms. The molecule has 0 amide bonds. The number of anilines is 1. The first-order valence-corrected chi connectivity index (χ1v) is 6.63. The van der Waals surface area contributed by atoms with E-state index in [-0.39, 0.29) is 5.54 Å². The second kappa shape index (κ2) is 4.49. The van der Waals surface area contributed by atoms with E-state index in [0.717, 1.165) is 10.8 Å². The number of hydrogen-bond acceptors (Lipinski definition) is 3. The zero-order chi connectivity index (χ0) is 12.5. The van der Waals surface area contributed by atoms with Crippen molar-refractivity contribution in [2.75, 3.05) is 5.32 Å². The highest BCUT2D eigenvalue weighted by molar-refractivity contribution is 7.14. The molecule has 0 saturated heterocycles.